The van der Waals surface area contributed by atoms with Crippen molar-refractivity contribution in [1.82, 2.24) is 14.9 Å². The molecule has 2 aromatic rings. The average Bonchev–Trinajstić information content (AvgIpc) is 3.03. The SMILES string of the molecule is CC(CCc1ccccc1C(=O)NC(=O)N[C@H]1CCCN(S(=O)(=O)c2ccc(F)cc2)CC1=O)CS(C)(=O)=O. The van der Waals surface area contributed by atoms with E-state index >= 15 is 0 Å². The molecule has 2 N–H and O–H groups in total. The molecule has 1 aliphatic heterocycles. The number of aryl methyl sites for hydroxylation is 1. The Kier molecular flexibility index (Phi) is 9.97. The predicted molar refractivity (Wildman–Crippen MR) is 143 cm³/mol. The summed E-state index contributed by atoms with van der Waals surface area (Å²) in [5, 5.41) is 4.68. The van der Waals surface area contributed by atoms with E-state index in [4.69, 9.17) is 0 Å². The molecular weight excluding hydrogens is 549 g/mol. The lowest BCUT2D eigenvalue weighted by Crippen LogP contribution is -2.49. The maximum absolute atomic E-state index is 13.2. The number of halogens is 1. The van der Waals surface area contributed by atoms with E-state index in [1.807, 2.05) is 6.92 Å². The summed E-state index contributed by atoms with van der Waals surface area (Å²) in [5.41, 5.74) is 0.901. The van der Waals surface area contributed by atoms with E-state index < -0.39 is 56.0 Å². The van der Waals surface area contributed by atoms with Crippen LogP contribution < -0.4 is 10.6 Å². The van der Waals surface area contributed by atoms with Crippen LogP contribution in [0, 0.1) is 11.7 Å². The van der Waals surface area contributed by atoms with Gasteiger partial charge in [-0.3, -0.25) is 14.9 Å². The van der Waals surface area contributed by atoms with Crippen LogP contribution in [-0.4, -0.2) is 70.0 Å². The maximum Gasteiger partial charge on any atom is 0.322 e. The third-order valence-corrected chi connectivity index (χ3v) is 9.39. The Morgan fingerprint density at radius 1 is 1.08 bits per heavy atom. The number of imide groups is 1. The molecule has 0 aliphatic carbocycles. The normalized spacial score (nSPS) is 17.7. The van der Waals surface area contributed by atoms with Gasteiger partial charge in [-0.1, -0.05) is 25.1 Å². The number of urea groups is 1. The zero-order valence-electron chi connectivity index (χ0n) is 21.7. The van der Waals surface area contributed by atoms with Crippen LogP contribution in [0.3, 0.4) is 0 Å². The average molecular weight is 582 g/mol. The number of rotatable bonds is 9. The summed E-state index contributed by atoms with van der Waals surface area (Å²) in [5.74, 6) is -1.90. The molecule has 0 bridgehead atoms. The fourth-order valence-corrected chi connectivity index (χ4v) is 7.08. The number of nitrogens with zero attached hydrogens (tertiary/aromatic N) is 1. The Morgan fingerprint density at radius 3 is 2.41 bits per heavy atom. The maximum atomic E-state index is 13.2. The summed E-state index contributed by atoms with van der Waals surface area (Å²) in [4.78, 5) is 38.1. The zero-order valence-corrected chi connectivity index (χ0v) is 23.4. The van der Waals surface area contributed by atoms with Crippen LogP contribution in [0.5, 0.6) is 0 Å². The van der Waals surface area contributed by atoms with Gasteiger partial charge >= 0.3 is 6.03 Å². The van der Waals surface area contributed by atoms with E-state index in [-0.39, 0.29) is 41.5 Å². The highest BCUT2D eigenvalue weighted by atomic mass is 32.2. The molecule has 1 heterocycles. The zero-order chi connectivity index (χ0) is 28.8. The van der Waals surface area contributed by atoms with Gasteiger partial charge in [0.05, 0.1) is 23.2 Å². The van der Waals surface area contributed by atoms with Crippen molar-refractivity contribution in [2.45, 2.75) is 43.5 Å². The molecule has 3 rings (SSSR count). The van der Waals surface area contributed by atoms with Gasteiger partial charge < -0.3 is 5.32 Å². The predicted octanol–water partition coefficient (Wildman–Crippen LogP) is 2.30. The summed E-state index contributed by atoms with van der Waals surface area (Å²) >= 11 is 0. The van der Waals surface area contributed by atoms with Crippen molar-refractivity contribution in [2.75, 3.05) is 25.1 Å². The van der Waals surface area contributed by atoms with Gasteiger partial charge in [0.25, 0.3) is 5.91 Å². The molecule has 1 saturated heterocycles. The van der Waals surface area contributed by atoms with Crippen molar-refractivity contribution in [3.8, 4) is 0 Å². The molecule has 2 aromatic carbocycles. The Bertz CT molecular complexity index is 1430. The summed E-state index contributed by atoms with van der Waals surface area (Å²) in [6.45, 7) is 1.37. The van der Waals surface area contributed by atoms with Crippen LogP contribution >= 0.6 is 0 Å². The lowest BCUT2D eigenvalue weighted by molar-refractivity contribution is -0.120. The van der Waals surface area contributed by atoms with Crippen molar-refractivity contribution in [2.24, 2.45) is 5.92 Å². The van der Waals surface area contributed by atoms with Gasteiger partial charge in [0.1, 0.15) is 15.7 Å². The molecule has 1 fully saturated rings. The van der Waals surface area contributed by atoms with Gasteiger partial charge in [0, 0.05) is 18.4 Å². The number of carbonyl (C=O) groups is 3. The second-order valence-corrected chi connectivity index (χ2v) is 13.9. The van der Waals surface area contributed by atoms with Gasteiger partial charge in [-0.2, -0.15) is 4.31 Å². The number of carbonyl (C=O) groups excluding carboxylic acids is 3. The van der Waals surface area contributed by atoms with Crippen LogP contribution in [0.2, 0.25) is 0 Å². The van der Waals surface area contributed by atoms with Gasteiger partial charge in [-0.25, -0.2) is 26.0 Å². The number of sulfonamides is 1. The topological polar surface area (TPSA) is 147 Å². The van der Waals surface area contributed by atoms with Crippen LogP contribution in [0.15, 0.2) is 53.4 Å². The van der Waals surface area contributed by atoms with E-state index in [0.717, 1.165) is 28.6 Å². The summed E-state index contributed by atoms with van der Waals surface area (Å²) in [7, 11) is -7.17. The molecule has 0 saturated carbocycles. The first kappa shape index (κ1) is 30.4. The fraction of sp³-hybridized carbons (Fsp3) is 0.423. The smallest absolute Gasteiger partial charge is 0.322 e. The summed E-state index contributed by atoms with van der Waals surface area (Å²) in [6, 6.07) is 9.05. The molecule has 0 aromatic heterocycles. The van der Waals surface area contributed by atoms with Crippen molar-refractivity contribution in [1.29, 1.82) is 0 Å². The lowest BCUT2D eigenvalue weighted by atomic mass is 9.98. The molecule has 0 spiro atoms. The number of ketones is 1. The van der Waals surface area contributed by atoms with Crippen LogP contribution in [0.25, 0.3) is 0 Å². The Labute approximate surface area is 227 Å². The quantitative estimate of drug-likeness (QED) is 0.462. The van der Waals surface area contributed by atoms with E-state index in [1.54, 1.807) is 24.3 Å². The van der Waals surface area contributed by atoms with Crippen LogP contribution in [-0.2, 0) is 31.1 Å². The van der Waals surface area contributed by atoms with Crippen molar-refractivity contribution >= 4 is 37.6 Å². The van der Waals surface area contributed by atoms with Gasteiger partial charge in [0.15, 0.2) is 5.78 Å². The molecule has 1 unspecified atom stereocenters. The number of Topliss-reactive ketones (excluding diaryl/α,β-unsaturated/α-hetero) is 1. The summed E-state index contributed by atoms with van der Waals surface area (Å²) < 4.78 is 63.1. The highest BCUT2D eigenvalue weighted by molar-refractivity contribution is 7.90. The third kappa shape index (κ3) is 8.67. The van der Waals surface area contributed by atoms with E-state index in [0.29, 0.717) is 18.4 Å². The summed E-state index contributed by atoms with van der Waals surface area (Å²) in [6.07, 6.45) is 2.58. The minimum Gasteiger partial charge on any atom is -0.328 e. The monoisotopic (exact) mass is 581 g/mol. The molecular formula is C26H32FN3O7S2. The number of benzene rings is 2. The van der Waals surface area contributed by atoms with E-state index in [1.165, 1.54) is 6.26 Å². The first-order chi connectivity index (χ1) is 18.3. The molecule has 1 aliphatic rings. The van der Waals surface area contributed by atoms with E-state index in [2.05, 4.69) is 10.6 Å². The van der Waals surface area contributed by atoms with Gasteiger partial charge in [-0.15, -0.1) is 0 Å². The Morgan fingerprint density at radius 2 is 1.74 bits per heavy atom. The van der Waals surface area contributed by atoms with Crippen LogP contribution in [0.1, 0.15) is 42.1 Å². The highest BCUT2D eigenvalue weighted by Crippen LogP contribution is 2.20. The minimum absolute atomic E-state index is 0.0296. The standard InChI is InChI=1S/C26H32FN3O7S2/c1-18(17-38(2,34)35)9-10-19-6-3-4-7-22(19)25(32)29-26(33)28-23-8-5-15-30(16-24(23)31)39(36,37)21-13-11-20(27)12-14-21/h3-4,6-7,11-14,18,23H,5,8-10,15-17H2,1-2H3,(H2,28,29,32,33)/t18?,23-/m0/s1. The number of sulfone groups is 1. The minimum atomic E-state index is -4.04. The fourth-order valence-electron chi connectivity index (χ4n) is 4.44. The highest BCUT2D eigenvalue weighted by Gasteiger charge is 2.33. The number of nitrogens with one attached hydrogen (secondary N) is 2. The number of hydrogen-bond acceptors (Lipinski definition) is 7. The first-order valence-electron chi connectivity index (χ1n) is 12.4. The third-order valence-electron chi connectivity index (χ3n) is 6.36. The number of amides is 3. The van der Waals surface area contributed by atoms with Gasteiger partial charge in [0.2, 0.25) is 10.0 Å². The molecule has 0 radical (unpaired) electrons. The molecule has 13 heteroatoms. The molecule has 2 atom stereocenters. The van der Waals surface area contributed by atoms with Crippen molar-refractivity contribution < 1.29 is 35.6 Å². The molecule has 212 valence electrons. The largest absolute Gasteiger partial charge is 0.328 e. The molecule has 39 heavy (non-hydrogen) atoms. The van der Waals surface area contributed by atoms with Crippen molar-refractivity contribution in [3.63, 3.8) is 0 Å². The van der Waals surface area contributed by atoms with E-state index in [9.17, 15) is 35.6 Å². The van der Waals surface area contributed by atoms with Crippen molar-refractivity contribution in [3.05, 3.63) is 65.5 Å². The van der Waals surface area contributed by atoms with Gasteiger partial charge in [-0.05, 0) is 67.5 Å². The molecule has 3 amide bonds. The number of hydrogen-bond donors (Lipinski definition) is 2. The Hall–Kier alpha value is -3.16. The van der Waals surface area contributed by atoms with Crippen LogP contribution in [0.4, 0.5) is 9.18 Å². The second-order valence-electron chi connectivity index (χ2n) is 9.77. The second kappa shape index (κ2) is 12.8. The molecule has 10 nitrogen and oxygen atoms in total. The lowest BCUT2D eigenvalue weighted by Gasteiger charge is -2.20. The first-order valence-corrected chi connectivity index (χ1v) is 15.9. The Balaban J connectivity index is 1.60.